The Labute approximate surface area is 558 Å². The van der Waals surface area contributed by atoms with E-state index in [1.54, 1.807) is 48.9 Å². The lowest BCUT2D eigenvalue weighted by atomic mass is 9.50. The average molecular weight is 1350 g/mol. The second-order valence-electron chi connectivity index (χ2n) is 27.3. The predicted molar refractivity (Wildman–Crippen MR) is 352 cm³/mol. The number of nitrogens with one attached hydrogen (secondary N) is 6. The minimum Gasteiger partial charge on any atom is -0.444 e. The molecule has 2 heterocycles. The highest BCUT2D eigenvalue weighted by molar-refractivity contribution is 6.32. The molecule has 0 aliphatic heterocycles. The number of fused-ring (bicyclic) bond motifs is 2. The van der Waals surface area contributed by atoms with Crippen molar-refractivity contribution in [3.63, 3.8) is 0 Å². The first-order valence-corrected chi connectivity index (χ1v) is 32.4. The normalized spacial score (nSPS) is 25.4. The van der Waals surface area contributed by atoms with Gasteiger partial charge in [0.25, 0.3) is 11.8 Å². The van der Waals surface area contributed by atoms with Gasteiger partial charge in [-0.3, -0.25) is 24.5 Å². The number of alkyl halides is 6. The zero-order chi connectivity index (χ0) is 68.6. The van der Waals surface area contributed by atoms with Crippen molar-refractivity contribution in [2.24, 2.45) is 23.7 Å². The highest BCUT2D eigenvalue weighted by Crippen LogP contribution is 2.60. The lowest BCUT2D eigenvalue weighted by molar-refractivity contribution is -0.167. The quantitative estimate of drug-likeness (QED) is 0.0498. The Kier molecular flexibility index (Phi) is 18.7. The van der Waals surface area contributed by atoms with E-state index in [1.807, 2.05) is 39.0 Å². The van der Waals surface area contributed by atoms with Gasteiger partial charge in [0.1, 0.15) is 5.60 Å². The molecule has 6 aromatic rings. The number of carbonyl (C=O) groups is 5. The number of benzene rings is 4. The molecule has 0 spiro atoms. The van der Waals surface area contributed by atoms with Crippen molar-refractivity contribution in [1.29, 1.82) is 0 Å². The van der Waals surface area contributed by atoms with Crippen molar-refractivity contribution >= 4 is 87.7 Å². The van der Waals surface area contributed by atoms with Crippen molar-refractivity contribution in [3.8, 4) is 0 Å². The Morgan fingerprint density at radius 1 is 0.579 bits per heavy atom. The van der Waals surface area contributed by atoms with Gasteiger partial charge in [-0.15, -0.1) is 0 Å². The molecule has 4 amide bonds. The third kappa shape index (κ3) is 15.6. The smallest absolute Gasteiger partial charge is 0.444 e. The first kappa shape index (κ1) is 66.6. The fraction of sp³-hybridized carbons (Fsp3) is 0.423. The van der Waals surface area contributed by atoms with E-state index in [2.05, 4.69) is 79.0 Å². The Balaban J connectivity index is 0.000000173. The second kappa shape index (κ2) is 26.7. The first-order chi connectivity index (χ1) is 45.4. The SMILES string of the molecule is CC(C)(C)OC(=O)Nc1ccc(C(=O)NC23CC4CC(C2)CC(Nc2ncc(Cl)c(C5=CCc6ccccc65)n2)(C4)C3)cc1.O=C(NC12CC3CC(C1)CC(Nc1ncc(Cl)c(C4=CCc5ccccc54)n1)(C3)C2)c1ccc(NC(=O)C(F)(F)F)cc1.O=CC(F)(F)F.[2H]CC. The molecular formula is C71H74Cl2F6N10O6. The number of anilines is 4. The molecule has 95 heavy (non-hydrogen) atoms. The molecule has 4 aromatic carbocycles. The predicted octanol–water partition coefficient (Wildman–Crippen LogP) is 15.7. The highest BCUT2D eigenvalue weighted by Gasteiger charge is 2.60. The van der Waals surface area contributed by atoms with E-state index in [0.29, 0.717) is 81.4 Å². The molecule has 10 aliphatic rings. The molecule has 4 unspecified atom stereocenters. The zero-order valence-electron chi connectivity index (χ0n) is 53.8. The number of nitrogens with zero attached hydrogens (tertiary/aromatic N) is 4. The maximum Gasteiger partial charge on any atom is 0.471 e. The fourth-order valence-electron chi connectivity index (χ4n) is 16.5. The van der Waals surface area contributed by atoms with Crippen LogP contribution >= 0.6 is 23.2 Å². The average Bonchev–Trinajstić information content (AvgIpc) is 0.903. The molecule has 24 heteroatoms. The van der Waals surface area contributed by atoms with E-state index in [4.69, 9.17) is 44.1 Å². The number of ether oxygens (including phenoxy) is 1. The number of halogens is 8. The molecule has 16 rings (SSSR count). The zero-order valence-corrected chi connectivity index (χ0v) is 54.3. The lowest BCUT2D eigenvalue weighted by Crippen LogP contribution is -2.67. The molecule has 8 saturated carbocycles. The number of aromatic nitrogens is 4. The molecule has 6 N–H and O–H groups in total. The van der Waals surface area contributed by atoms with Gasteiger partial charge in [0.15, 0.2) is 0 Å². The van der Waals surface area contributed by atoms with E-state index >= 15 is 0 Å². The maximum atomic E-state index is 13.6. The van der Waals surface area contributed by atoms with Gasteiger partial charge in [0.05, 0.1) is 33.8 Å². The van der Waals surface area contributed by atoms with Crippen molar-refractivity contribution < 1.29 is 56.4 Å². The topological polar surface area (TPSA) is 218 Å². The second-order valence-corrected chi connectivity index (χ2v) is 28.1. The summed E-state index contributed by atoms with van der Waals surface area (Å²) in [6, 6.07) is 29.0. The lowest BCUT2D eigenvalue weighted by Gasteiger charge is -2.62. The molecule has 4 atom stereocenters. The van der Waals surface area contributed by atoms with Crippen molar-refractivity contribution in [2.75, 3.05) is 21.3 Å². The van der Waals surface area contributed by atoms with Gasteiger partial charge in [0, 0.05) is 57.2 Å². The number of rotatable bonds is 12. The van der Waals surface area contributed by atoms with Crippen LogP contribution in [0.25, 0.3) is 11.1 Å². The van der Waals surface area contributed by atoms with Gasteiger partial charge in [-0.25, -0.2) is 24.7 Å². The molecule has 8 fully saturated rings. The minimum absolute atomic E-state index is 0.0315. The number of aldehydes is 1. The Hall–Kier alpha value is -8.37. The van der Waals surface area contributed by atoms with Gasteiger partial charge in [-0.05, 0) is 205 Å². The van der Waals surface area contributed by atoms with Crippen LogP contribution in [-0.2, 0) is 27.2 Å². The summed E-state index contributed by atoms with van der Waals surface area (Å²) in [5.41, 5.74) is 7.99. The molecular weight excluding hydrogens is 1270 g/mol. The van der Waals surface area contributed by atoms with Crippen molar-refractivity contribution in [3.05, 3.63) is 176 Å². The maximum absolute atomic E-state index is 13.6. The third-order valence-corrected chi connectivity index (χ3v) is 19.4. The summed E-state index contributed by atoms with van der Waals surface area (Å²) in [5, 5.41) is 19.8. The summed E-state index contributed by atoms with van der Waals surface area (Å²) in [5.74, 6) is 0.593. The van der Waals surface area contributed by atoms with Gasteiger partial charge in [-0.1, -0.05) is 97.7 Å². The van der Waals surface area contributed by atoms with Crippen LogP contribution in [0.2, 0.25) is 10.0 Å². The standard InChI is InChI=1S/C35H38ClN5O3.C32H29ClF3N5O2.C2HF3O.C2H6/c1-33(2,3)44-32(43)38-25-11-8-24(9-12-25)30(42)40-34-15-21-14-22(16-34)18-35(17-21,20-34)41-31-37-19-28(36)29(39-31)27-13-10-23-6-4-5-7-26(23)27;33-25-16-37-29(39-26(25)24-10-7-20-3-1-2-4-23(20)24)41-31-14-18-11-19(15-31)13-30(12-18,17-31)40-27(42)21-5-8-22(9-6-21)38-28(43)32(34,35)36;3-2(4,5)1-6;1-2/h4-9,11-13,19,21-22H,10,14-18,20H2,1-3H3,(H,38,43)(H,40,42)(H,37,39,41);1-6,8-10,16,18-19H,7,11-15,17H2,(H,38,43)(H,40,42)(H,37,39,41);1H;1-2H3/i;;;1D. The molecule has 0 saturated heterocycles. The number of hydrogen-bond acceptors (Lipinski definition) is 12. The monoisotopic (exact) mass is 1350 g/mol. The summed E-state index contributed by atoms with van der Waals surface area (Å²) in [6.07, 6.45) is 9.72. The van der Waals surface area contributed by atoms with E-state index in [9.17, 15) is 45.5 Å². The molecule has 2 aromatic heterocycles. The summed E-state index contributed by atoms with van der Waals surface area (Å²) < 4.78 is 80.6. The van der Waals surface area contributed by atoms with Crippen LogP contribution in [0.15, 0.2) is 122 Å². The first-order valence-electron chi connectivity index (χ1n) is 32.4. The van der Waals surface area contributed by atoms with Crippen LogP contribution in [0, 0.1) is 23.7 Å². The van der Waals surface area contributed by atoms with Crippen LogP contribution in [0.3, 0.4) is 0 Å². The Morgan fingerprint density at radius 2 is 0.947 bits per heavy atom. The summed E-state index contributed by atoms with van der Waals surface area (Å²) in [4.78, 5) is 78.0. The molecule has 16 nitrogen and oxygen atoms in total. The molecule has 10 aliphatic carbocycles. The van der Waals surface area contributed by atoms with Gasteiger partial charge in [-0.2, -0.15) is 26.3 Å². The largest absolute Gasteiger partial charge is 0.471 e. The van der Waals surface area contributed by atoms with E-state index in [0.717, 1.165) is 99.5 Å². The summed E-state index contributed by atoms with van der Waals surface area (Å²) >= 11 is 13.2. The summed E-state index contributed by atoms with van der Waals surface area (Å²) in [7, 11) is 0. The van der Waals surface area contributed by atoms with Crippen LogP contribution in [0.1, 0.15) is 167 Å². The van der Waals surface area contributed by atoms with Crippen LogP contribution in [0.4, 0.5) is 54.4 Å². The minimum atomic E-state index is -4.99. The van der Waals surface area contributed by atoms with Gasteiger partial charge < -0.3 is 31.3 Å². The molecule has 0 radical (unpaired) electrons. The van der Waals surface area contributed by atoms with Gasteiger partial charge >= 0.3 is 24.4 Å². The van der Waals surface area contributed by atoms with Crippen LogP contribution in [0.5, 0.6) is 0 Å². The molecule has 500 valence electrons. The number of hydrogen-bond donors (Lipinski definition) is 6. The third-order valence-electron chi connectivity index (χ3n) is 18.9. The van der Waals surface area contributed by atoms with E-state index in [1.165, 1.54) is 47.4 Å². The van der Waals surface area contributed by atoms with E-state index < -0.39 is 41.8 Å². The Morgan fingerprint density at radius 3 is 1.32 bits per heavy atom. The fourth-order valence-corrected chi connectivity index (χ4v) is 16.9. The number of amides is 4. The molecule has 8 bridgehead atoms. The highest BCUT2D eigenvalue weighted by atomic mass is 35.5. The number of allylic oxidation sites excluding steroid dienone is 2. The summed E-state index contributed by atoms with van der Waals surface area (Å²) in [6.45, 7) is 7.74. The van der Waals surface area contributed by atoms with Crippen LogP contribution in [-0.4, -0.2) is 90.1 Å². The van der Waals surface area contributed by atoms with E-state index in [-0.39, 0.29) is 34.1 Å². The van der Waals surface area contributed by atoms with Crippen molar-refractivity contribution in [2.45, 2.75) is 165 Å². The van der Waals surface area contributed by atoms with Crippen molar-refractivity contribution in [1.82, 2.24) is 30.6 Å². The number of carbonyl (C=O) groups excluding carboxylic acids is 5. The van der Waals surface area contributed by atoms with Crippen LogP contribution < -0.4 is 31.9 Å². The Bertz CT molecular complexity index is 3990. The van der Waals surface area contributed by atoms with Gasteiger partial charge in [0.2, 0.25) is 18.2 Å².